The second kappa shape index (κ2) is 6.60. The quantitative estimate of drug-likeness (QED) is 0.745. The summed E-state index contributed by atoms with van der Waals surface area (Å²) in [7, 11) is 2.00. The van der Waals surface area contributed by atoms with Crippen molar-refractivity contribution < 1.29 is 5.11 Å². The van der Waals surface area contributed by atoms with Gasteiger partial charge in [0.15, 0.2) is 0 Å². The zero-order valence-corrected chi connectivity index (χ0v) is 14.0. The molecule has 2 aromatic carbocycles. The summed E-state index contributed by atoms with van der Waals surface area (Å²) in [5, 5.41) is 13.1. The molecule has 1 heterocycles. The molecule has 3 aromatic rings. The van der Waals surface area contributed by atoms with E-state index in [1.165, 1.54) is 0 Å². The summed E-state index contributed by atoms with van der Waals surface area (Å²) in [6.45, 7) is 2.26. The molecule has 5 heteroatoms. The maximum absolute atomic E-state index is 8.97. The molecule has 0 spiro atoms. The number of aromatic nitrogens is 2. The van der Waals surface area contributed by atoms with Crippen molar-refractivity contribution in [3.8, 4) is 0 Å². The van der Waals surface area contributed by atoms with Gasteiger partial charge < -0.3 is 15.0 Å². The third-order valence-corrected chi connectivity index (χ3v) is 4.24. The molecule has 0 aliphatic carbocycles. The van der Waals surface area contributed by atoms with Gasteiger partial charge in [0.2, 0.25) is 0 Å². The topological polar surface area (TPSA) is 50.1 Å². The number of benzene rings is 2. The lowest BCUT2D eigenvalue weighted by Crippen LogP contribution is -2.12. The van der Waals surface area contributed by atoms with Gasteiger partial charge in [-0.1, -0.05) is 23.7 Å². The SMILES string of the molecule is CC(Nc1ccc(CCO)cc1)c1nc2ccc(Cl)cc2n1C. The molecular weight excluding hydrogens is 310 g/mol. The van der Waals surface area contributed by atoms with Crippen LogP contribution in [0.15, 0.2) is 42.5 Å². The van der Waals surface area contributed by atoms with Gasteiger partial charge in [-0.25, -0.2) is 4.98 Å². The first kappa shape index (κ1) is 15.8. The number of nitrogens with zero attached hydrogens (tertiary/aromatic N) is 2. The van der Waals surface area contributed by atoms with E-state index in [1.54, 1.807) is 0 Å². The van der Waals surface area contributed by atoms with E-state index in [4.69, 9.17) is 21.7 Å². The van der Waals surface area contributed by atoms with Crippen LogP contribution in [-0.2, 0) is 13.5 Å². The Labute approximate surface area is 140 Å². The Hall–Kier alpha value is -2.04. The van der Waals surface area contributed by atoms with E-state index in [2.05, 4.69) is 16.8 Å². The fraction of sp³-hybridized carbons (Fsp3) is 0.278. The minimum atomic E-state index is 0.0647. The molecule has 0 amide bonds. The molecule has 4 nitrogen and oxygen atoms in total. The van der Waals surface area contributed by atoms with E-state index < -0.39 is 0 Å². The molecule has 0 saturated heterocycles. The Morgan fingerprint density at radius 1 is 1.22 bits per heavy atom. The van der Waals surface area contributed by atoms with Gasteiger partial charge in [0.05, 0.1) is 17.1 Å². The number of hydrogen-bond donors (Lipinski definition) is 2. The number of nitrogens with one attached hydrogen (secondary N) is 1. The Kier molecular flexibility index (Phi) is 4.55. The van der Waals surface area contributed by atoms with Gasteiger partial charge in [-0.2, -0.15) is 0 Å². The van der Waals surface area contributed by atoms with Crippen molar-refractivity contribution >= 4 is 28.3 Å². The molecule has 23 heavy (non-hydrogen) atoms. The van der Waals surface area contributed by atoms with Crippen LogP contribution in [-0.4, -0.2) is 21.3 Å². The van der Waals surface area contributed by atoms with Gasteiger partial charge in [-0.15, -0.1) is 0 Å². The van der Waals surface area contributed by atoms with Crippen LogP contribution in [0.2, 0.25) is 5.02 Å². The van der Waals surface area contributed by atoms with Crippen LogP contribution in [0.5, 0.6) is 0 Å². The number of rotatable bonds is 5. The summed E-state index contributed by atoms with van der Waals surface area (Å²) in [6.07, 6.45) is 0.682. The Morgan fingerprint density at radius 2 is 1.96 bits per heavy atom. The van der Waals surface area contributed by atoms with E-state index in [9.17, 15) is 0 Å². The molecule has 0 aliphatic heterocycles. The lowest BCUT2D eigenvalue weighted by molar-refractivity contribution is 0.299. The molecule has 2 N–H and O–H groups in total. The number of aliphatic hydroxyl groups excluding tert-OH is 1. The zero-order chi connectivity index (χ0) is 16.4. The average Bonchev–Trinajstić information content (AvgIpc) is 2.86. The van der Waals surface area contributed by atoms with E-state index in [0.717, 1.165) is 28.1 Å². The molecule has 0 radical (unpaired) electrons. The number of hydrogen-bond acceptors (Lipinski definition) is 3. The van der Waals surface area contributed by atoms with Crippen LogP contribution in [0.25, 0.3) is 11.0 Å². The highest BCUT2D eigenvalue weighted by atomic mass is 35.5. The van der Waals surface area contributed by atoms with E-state index >= 15 is 0 Å². The van der Waals surface area contributed by atoms with Gasteiger partial charge >= 0.3 is 0 Å². The van der Waals surface area contributed by atoms with Crippen LogP contribution in [0.4, 0.5) is 5.69 Å². The van der Waals surface area contributed by atoms with E-state index in [0.29, 0.717) is 11.4 Å². The first-order valence-electron chi connectivity index (χ1n) is 7.66. The second-order valence-corrected chi connectivity index (χ2v) is 6.14. The lowest BCUT2D eigenvalue weighted by Gasteiger charge is -2.15. The van der Waals surface area contributed by atoms with Crippen LogP contribution in [0, 0.1) is 0 Å². The lowest BCUT2D eigenvalue weighted by atomic mass is 10.1. The number of imidazole rings is 1. The van der Waals surface area contributed by atoms with Crippen molar-refractivity contribution in [1.29, 1.82) is 0 Å². The number of aryl methyl sites for hydroxylation is 1. The number of fused-ring (bicyclic) bond motifs is 1. The van der Waals surface area contributed by atoms with Gasteiger partial charge in [-0.3, -0.25) is 0 Å². The second-order valence-electron chi connectivity index (χ2n) is 5.70. The van der Waals surface area contributed by atoms with Crippen molar-refractivity contribution in [3.05, 3.63) is 58.9 Å². The molecule has 0 fully saturated rings. The smallest absolute Gasteiger partial charge is 0.131 e. The standard InChI is InChI=1S/C18H20ClN3O/c1-12(20-15-6-3-13(4-7-15)9-10-23)18-21-16-8-5-14(19)11-17(16)22(18)2/h3-8,11-12,20,23H,9-10H2,1-2H3. The van der Waals surface area contributed by atoms with Crippen LogP contribution >= 0.6 is 11.6 Å². The molecule has 0 bridgehead atoms. The maximum Gasteiger partial charge on any atom is 0.131 e. The summed E-state index contributed by atoms with van der Waals surface area (Å²) >= 11 is 6.08. The molecule has 0 saturated carbocycles. The summed E-state index contributed by atoms with van der Waals surface area (Å²) in [5.41, 5.74) is 4.13. The largest absolute Gasteiger partial charge is 0.396 e. The fourth-order valence-electron chi connectivity index (χ4n) is 2.78. The Morgan fingerprint density at radius 3 is 2.65 bits per heavy atom. The van der Waals surface area contributed by atoms with E-state index in [1.807, 2.05) is 49.5 Å². The minimum absolute atomic E-state index is 0.0647. The number of anilines is 1. The molecule has 1 aromatic heterocycles. The van der Waals surface area contributed by atoms with Gasteiger partial charge in [0.1, 0.15) is 5.82 Å². The molecular formula is C18H20ClN3O. The van der Waals surface area contributed by atoms with Crippen LogP contribution < -0.4 is 5.32 Å². The van der Waals surface area contributed by atoms with Crippen LogP contribution in [0.3, 0.4) is 0 Å². The summed E-state index contributed by atoms with van der Waals surface area (Å²) in [6, 6.07) is 13.9. The average molecular weight is 330 g/mol. The zero-order valence-electron chi connectivity index (χ0n) is 13.3. The monoisotopic (exact) mass is 329 g/mol. The normalized spacial score (nSPS) is 12.5. The maximum atomic E-state index is 8.97. The summed E-state index contributed by atoms with van der Waals surface area (Å²) in [5.74, 6) is 0.960. The van der Waals surface area contributed by atoms with Crippen molar-refractivity contribution in [1.82, 2.24) is 9.55 Å². The molecule has 3 rings (SSSR count). The predicted molar refractivity (Wildman–Crippen MR) is 95.0 cm³/mol. The van der Waals surface area contributed by atoms with Gasteiger partial charge in [0, 0.05) is 24.4 Å². The first-order valence-corrected chi connectivity index (χ1v) is 8.04. The highest BCUT2D eigenvalue weighted by molar-refractivity contribution is 6.31. The molecule has 1 unspecified atom stereocenters. The number of aliphatic hydroxyl groups is 1. The molecule has 1 atom stereocenters. The van der Waals surface area contributed by atoms with Gasteiger partial charge in [-0.05, 0) is 49.2 Å². The Balaban J connectivity index is 1.82. The fourth-order valence-corrected chi connectivity index (χ4v) is 2.95. The summed E-state index contributed by atoms with van der Waals surface area (Å²) in [4.78, 5) is 4.71. The van der Waals surface area contributed by atoms with Crippen molar-refractivity contribution in [2.24, 2.45) is 7.05 Å². The molecule has 120 valence electrons. The van der Waals surface area contributed by atoms with E-state index in [-0.39, 0.29) is 12.6 Å². The van der Waals surface area contributed by atoms with Crippen molar-refractivity contribution in [3.63, 3.8) is 0 Å². The third kappa shape index (κ3) is 3.33. The predicted octanol–water partition coefficient (Wildman–Crippen LogP) is 3.93. The minimum Gasteiger partial charge on any atom is -0.396 e. The number of halogens is 1. The third-order valence-electron chi connectivity index (χ3n) is 4.00. The highest BCUT2D eigenvalue weighted by Gasteiger charge is 2.14. The van der Waals surface area contributed by atoms with Crippen molar-refractivity contribution in [2.75, 3.05) is 11.9 Å². The Bertz CT molecular complexity index is 811. The van der Waals surface area contributed by atoms with Crippen LogP contribution in [0.1, 0.15) is 24.4 Å². The first-order chi connectivity index (χ1) is 11.1. The summed E-state index contributed by atoms with van der Waals surface area (Å²) < 4.78 is 2.07. The highest BCUT2D eigenvalue weighted by Crippen LogP contribution is 2.25. The van der Waals surface area contributed by atoms with Gasteiger partial charge in [0.25, 0.3) is 0 Å². The molecule has 0 aliphatic rings. The van der Waals surface area contributed by atoms with Crippen molar-refractivity contribution in [2.45, 2.75) is 19.4 Å².